The normalized spacial score (nSPS) is 12.8. The van der Waals surface area contributed by atoms with Crippen molar-refractivity contribution in [3.8, 4) is 50.2 Å². The van der Waals surface area contributed by atoms with Crippen LogP contribution in [0.3, 0.4) is 0 Å². The third-order valence-electron chi connectivity index (χ3n) is 14.0. The van der Waals surface area contributed by atoms with Gasteiger partial charge in [0.05, 0.1) is 11.0 Å². The van der Waals surface area contributed by atoms with E-state index in [9.17, 15) is 0 Å². The first-order valence-corrected chi connectivity index (χ1v) is 22.8. The Morgan fingerprint density at radius 2 is 0.833 bits per heavy atom. The molecule has 3 nitrogen and oxygen atoms in total. The van der Waals surface area contributed by atoms with Crippen LogP contribution >= 0.6 is 0 Å². The molecule has 0 spiro atoms. The molecular formula is C63H44N2O. The fourth-order valence-corrected chi connectivity index (χ4v) is 10.7. The van der Waals surface area contributed by atoms with E-state index in [0.717, 1.165) is 55.8 Å². The molecule has 0 bridgehead atoms. The van der Waals surface area contributed by atoms with E-state index in [1.54, 1.807) is 0 Å². The summed E-state index contributed by atoms with van der Waals surface area (Å²) in [5.41, 5.74) is 21.0. The molecule has 1 aliphatic carbocycles. The molecule has 2 aromatic heterocycles. The smallest absolute Gasteiger partial charge is 0.135 e. The third-order valence-corrected chi connectivity index (χ3v) is 14.0. The summed E-state index contributed by atoms with van der Waals surface area (Å²) in [5, 5.41) is 4.74. The number of furan rings is 1. The Hall–Kier alpha value is -8.40. The average molecular weight is 845 g/mol. The number of anilines is 3. The van der Waals surface area contributed by atoms with Crippen LogP contribution in [0.25, 0.3) is 93.9 Å². The average Bonchev–Trinajstić information content (AvgIpc) is 3.99. The Bertz CT molecular complexity index is 3820. The SMILES string of the molecule is CC1(C)c2ccccc2-c2ccc(N(c3ccc(-c4ccc5oc6ccccc6c5c4)cc3)c3ccc(-c4ccc5c(c4)c4cc(-c6ccccc6)ccc4n5-c4ccccc4)cc3)cc21. The molecule has 0 amide bonds. The van der Waals surface area contributed by atoms with Crippen molar-refractivity contribution in [3.63, 3.8) is 0 Å². The van der Waals surface area contributed by atoms with Crippen molar-refractivity contribution in [2.24, 2.45) is 0 Å². The highest BCUT2D eigenvalue weighted by Crippen LogP contribution is 2.51. The molecule has 0 N–H and O–H groups in total. The van der Waals surface area contributed by atoms with E-state index in [1.807, 2.05) is 12.1 Å². The lowest BCUT2D eigenvalue weighted by atomic mass is 9.82. The largest absolute Gasteiger partial charge is 0.456 e. The summed E-state index contributed by atoms with van der Waals surface area (Å²) in [5.74, 6) is 0. The fraction of sp³-hybridized carbons (Fsp3) is 0.0476. The molecule has 13 rings (SSSR count). The summed E-state index contributed by atoms with van der Waals surface area (Å²) in [6, 6.07) is 84.0. The molecule has 3 heteroatoms. The van der Waals surface area contributed by atoms with Gasteiger partial charge in [-0.1, -0.05) is 153 Å². The van der Waals surface area contributed by atoms with Crippen molar-refractivity contribution in [1.29, 1.82) is 0 Å². The van der Waals surface area contributed by atoms with E-state index in [4.69, 9.17) is 4.42 Å². The Morgan fingerprint density at radius 3 is 1.50 bits per heavy atom. The van der Waals surface area contributed by atoms with E-state index in [2.05, 4.69) is 242 Å². The number of aromatic nitrogens is 1. The fourth-order valence-electron chi connectivity index (χ4n) is 10.7. The van der Waals surface area contributed by atoms with Crippen LogP contribution in [0.5, 0.6) is 0 Å². The summed E-state index contributed by atoms with van der Waals surface area (Å²) in [6.07, 6.45) is 0. The van der Waals surface area contributed by atoms with Gasteiger partial charge in [0.2, 0.25) is 0 Å². The first-order chi connectivity index (χ1) is 32.5. The van der Waals surface area contributed by atoms with Crippen LogP contribution in [0.15, 0.2) is 235 Å². The van der Waals surface area contributed by atoms with E-state index in [1.165, 1.54) is 66.3 Å². The van der Waals surface area contributed by atoms with E-state index >= 15 is 0 Å². The summed E-state index contributed by atoms with van der Waals surface area (Å²) in [4.78, 5) is 2.40. The lowest BCUT2D eigenvalue weighted by molar-refractivity contribution is 0.660. The molecule has 0 aliphatic heterocycles. The molecule has 1 aliphatic rings. The molecule has 0 saturated heterocycles. The van der Waals surface area contributed by atoms with Crippen molar-refractivity contribution in [2.75, 3.05) is 4.90 Å². The minimum Gasteiger partial charge on any atom is -0.456 e. The van der Waals surface area contributed by atoms with Crippen LogP contribution in [0, 0.1) is 0 Å². The van der Waals surface area contributed by atoms with E-state index < -0.39 is 0 Å². The van der Waals surface area contributed by atoms with Crippen molar-refractivity contribution in [2.45, 2.75) is 19.3 Å². The van der Waals surface area contributed by atoms with Gasteiger partial charge in [0.1, 0.15) is 11.2 Å². The molecule has 10 aromatic carbocycles. The summed E-state index contributed by atoms with van der Waals surface area (Å²) in [6.45, 7) is 4.71. The second kappa shape index (κ2) is 14.8. The minimum absolute atomic E-state index is 0.124. The zero-order valence-electron chi connectivity index (χ0n) is 36.7. The second-order valence-corrected chi connectivity index (χ2v) is 18.1. The maximum atomic E-state index is 6.16. The molecule has 0 radical (unpaired) electrons. The van der Waals surface area contributed by atoms with Gasteiger partial charge in [-0.25, -0.2) is 0 Å². The number of nitrogens with zero attached hydrogens (tertiary/aromatic N) is 2. The van der Waals surface area contributed by atoms with Gasteiger partial charge in [0, 0.05) is 49.7 Å². The van der Waals surface area contributed by atoms with Crippen molar-refractivity contribution < 1.29 is 4.42 Å². The van der Waals surface area contributed by atoms with Gasteiger partial charge in [-0.15, -0.1) is 0 Å². The Balaban J connectivity index is 0.914. The maximum Gasteiger partial charge on any atom is 0.135 e. The maximum absolute atomic E-state index is 6.16. The monoisotopic (exact) mass is 844 g/mol. The van der Waals surface area contributed by atoms with Crippen molar-refractivity contribution in [1.82, 2.24) is 4.57 Å². The van der Waals surface area contributed by atoms with E-state index in [0.29, 0.717) is 0 Å². The molecule has 12 aromatic rings. The summed E-state index contributed by atoms with van der Waals surface area (Å²) >= 11 is 0. The molecule has 0 fully saturated rings. The first kappa shape index (κ1) is 38.1. The lowest BCUT2D eigenvalue weighted by Crippen LogP contribution is -2.16. The molecule has 0 atom stereocenters. The highest BCUT2D eigenvalue weighted by Gasteiger charge is 2.35. The highest BCUT2D eigenvalue weighted by molar-refractivity contribution is 6.12. The number of rotatable bonds is 7. The minimum atomic E-state index is -0.124. The topological polar surface area (TPSA) is 21.3 Å². The van der Waals surface area contributed by atoms with Gasteiger partial charge in [0.15, 0.2) is 0 Å². The Morgan fingerprint density at radius 1 is 0.348 bits per heavy atom. The molecule has 0 unspecified atom stereocenters. The van der Waals surface area contributed by atoms with Crippen LogP contribution in [0.1, 0.15) is 25.0 Å². The predicted molar refractivity (Wildman–Crippen MR) is 277 cm³/mol. The van der Waals surface area contributed by atoms with Gasteiger partial charge in [0.25, 0.3) is 0 Å². The number of para-hydroxylation sites is 2. The van der Waals surface area contributed by atoms with Gasteiger partial charge in [-0.3, -0.25) is 0 Å². The predicted octanol–water partition coefficient (Wildman–Crippen LogP) is 17.5. The standard InChI is InChI=1S/C63H44N2O/c1-63(2)57-19-11-9-17-51(57)52-33-32-50(40-58(52)63)64(49-30-23-43(24-31-49)46-27-36-62-56(39-46)53-18-10-12-20-61(53)66-62)48-28-21-42(22-29-48)45-26-35-60-55(38-45)54-37-44(41-13-5-3-6-14-41)25-34-59(54)65(60)47-15-7-4-8-16-47/h3-40H,1-2H3. The van der Waals surface area contributed by atoms with Crippen LogP contribution < -0.4 is 4.90 Å². The van der Waals surface area contributed by atoms with Gasteiger partial charge < -0.3 is 13.9 Å². The zero-order valence-corrected chi connectivity index (χ0v) is 36.7. The van der Waals surface area contributed by atoms with Gasteiger partial charge in [-0.05, 0) is 147 Å². The second-order valence-electron chi connectivity index (χ2n) is 18.1. The lowest BCUT2D eigenvalue weighted by Gasteiger charge is -2.28. The highest BCUT2D eigenvalue weighted by atomic mass is 16.3. The number of fused-ring (bicyclic) bond motifs is 9. The van der Waals surface area contributed by atoms with Crippen LogP contribution in [0.4, 0.5) is 17.1 Å². The first-order valence-electron chi connectivity index (χ1n) is 22.8. The van der Waals surface area contributed by atoms with Crippen molar-refractivity contribution >= 4 is 60.8 Å². The third kappa shape index (κ3) is 6.04. The van der Waals surface area contributed by atoms with Crippen LogP contribution in [0.2, 0.25) is 0 Å². The quantitative estimate of drug-likeness (QED) is 0.159. The van der Waals surface area contributed by atoms with E-state index in [-0.39, 0.29) is 5.41 Å². The molecule has 66 heavy (non-hydrogen) atoms. The molecule has 2 heterocycles. The van der Waals surface area contributed by atoms with Gasteiger partial charge in [-0.2, -0.15) is 0 Å². The Kier molecular flexibility index (Phi) is 8.56. The summed E-state index contributed by atoms with van der Waals surface area (Å²) < 4.78 is 8.55. The number of hydrogen-bond donors (Lipinski definition) is 0. The van der Waals surface area contributed by atoms with Crippen LogP contribution in [-0.2, 0) is 5.41 Å². The van der Waals surface area contributed by atoms with Gasteiger partial charge >= 0.3 is 0 Å². The summed E-state index contributed by atoms with van der Waals surface area (Å²) in [7, 11) is 0. The number of benzene rings is 10. The zero-order chi connectivity index (χ0) is 43.9. The molecule has 0 saturated carbocycles. The molecular weight excluding hydrogens is 801 g/mol. The van der Waals surface area contributed by atoms with Crippen molar-refractivity contribution in [3.05, 3.63) is 242 Å². The van der Waals surface area contributed by atoms with Crippen LogP contribution in [-0.4, -0.2) is 4.57 Å². The Labute approximate surface area is 384 Å². The number of hydrogen-bond acceptors (Lipinski definition) is 2. The molecule has 312 valence electrons.